The molecule has 94 valence electrons. The van der Waals surface area contributed by atoms with Gasteiger partial charge in [0, 0.05) is 12.1 Å². The van der Waals surface area contributed by atoms with Gasteiger partial charge in [0.25, 0.3) is 0 Å². The summed E-state index contributed by atoms with van der Waals surface area (Å²) in [5, 5.41) is 10.3. The van der Waals surface area contributed by atoms with Gasteiger partial charge in [0.15, 0.2) is 5.76 Å². The van der Waals surface area contributed by atoms with Crippen molar-refractivity contribution < 1.29 is 4.42 Å². The zero-order chi connectivity index (χ0) is 13.0. The Morgan fingerprint density at radius 1 is 1.56 bits per heavy atom. The first-order valence-corrected chi connectivity index (χ1v) is 6.03. The van der Waals surface area contributed by atoms with Crippen molar-refractivity contribution in [1.82, 2.24) is 15.5 Å². The van der Waals surface area contributed by atoms with E-state index in [1.807, 2.05) is 19.1 Å². The highest BCUT2D eigenvalue weighted by Gasteiger charge is 2.11. The van der Waals surface area contributed by atoms with Crippen LogP contribution in [0.3, 0.4) is 0 Å². The van der Waals surface area contributed by atoms with Crippen molar-refractivity contribution in [1.29, 1.82) is 0 Å². The van der Waals surface area contributed by atoms with E-state index in [0.29, 0.717) is 6.54 Å². The summed E-state index contributed by atoms with van der Waals surface area (Å²) in [6, 6.07) is 3.96. The average molecular weight is 243 g/mol. The molecule has 2 rings (SSSR count). The van der Waals surface area contributed by atoms with Crippen molar-refractivity contribution in [3.8, 4) is 23.8 Å². The zero-order valence-corrected chi connectivity index (χ0v) is 10.7. The van der Waals surface area contributed by atoms with Crippen molar-refractivity contribution >= 4 is 0 Å². The maximum atomic E-state index is 5.59. The lowest BCUT2D eigenvalue weighted by Crippen LogP contribution is -2.26. The first kappa shape index (κ1) is 12.5. The number of nitrogens with one attached hydrogen (secondary N) is 2. The Labute approximate surface area is 107 Å². The predicted octanol–water partition coefficient (Wildman–Crippen LogP) is 2.48. The van der Waals surface area contributed by atoms with E-state index < -0.39 is 0 Å². The van der Waals surface area contributed by atoms with E-state index in [9.17, 15) is 0 Å². The van der Waals surface area contributed by atoms with Crippen molar-refractivity contribution in [2.75, 3.05) is 0 Å². The Hall–Kier alpha value is -1.99. The highest BCUT2D eigenvalue weighted by Crippen LogP contribution is 2.23. The normalized spacial score (nSPS) is 12.3. The van der Waals surface area contributed by atoms with Crippen LogP contribution < -0.4 is 5.32 Å². The number of hydrogen-bond donors (Lipinski definition) is 2. The summed E-state index contributed by atoms with van der Waals surface area (Å²) in [5.41, 5.74) is 1.96. The van der Waals surface area contributed by atoms with Gasteiger partial charge < -0.3 is 4.42 Å². The molecule has 0 bridgehead atoms. The lowest BCUT2D eigenvalue weighted by atomic mass is 10.2. The molecule has 1 atom stereocenters. The van der Waals surface area contributed by atoms with Crippen LogP contribution in [0.15, 0.2) is 22.7 Å². The topological polar surface area (TPSA) is 53.9 Å². The average Bonchev–Trinajstić information content (AvgIpc) is 2.99. The van der Waals surface area contributed by atoms with Crippen LogP contribution in [0, 0.1) is 19.3 Å². The second-order valence-corrected chi connectivity index (χ2v) is 4.19. The maximum Gasteiger partial charge on any atom is 0.152 e. The van der Waals surface area contributed by atoms with Gasteiger partial charge in [0.1, 0.15) is 11.5 Å². The van der Waals surface area contributed by atoms with Crippen LogP contribution in [0.25, 0.3) is 11.5 Å². The summed E-state index contributed by atoms with van der Waals surface area (Å²) in [6.07, 6.45) is 8.12. The first-order chi connectivity index (χ1) is 8.74. The maximum absolute atomic E-state index is 5.59. The standard InChI is InChI=1S/C14H17N3O/c1-4-12(5-2)15-8-11-9-16-17-14(11)13-7-6-10(3)18-13/h1,6-7,9,12,15H,5,8H2,2-3H3,(H,16,17). The van der Waals surface area contributed by atoms with E-state index in [2.05, 4.69) is 28.4 Å². The van der Waals surface area contributed by atoms with Gasteiger partial charge in [0.05, 0.1) is 12.2 Å². The summed E-state index contributed by atoms with van der Waals surface area (Å²) >= 11 is 0. The summed E-state index contributed by atoms with van der Waals surface area (Å²) in [6.45, 7) is 4.65. The van der Waals surface area contributed by atoms with Crippen LogP contribution in [0.4, 0.5) is 0 Å². The van der Waals surface area contributed by atoms with Gasteiger partial charge in [-0.2, -0.15) is 5.10 Å². The molecular weight excluding hydrogens is 226 g/mol. The molecule has 4 nitrogen and oxygen atoms in total. The molecule has 2 heterocycles. The van der Waals surface area contributed by atoms with Gasteiger partial charge in [-0.3, -0.25) is 10.4 Å². The van der Waals surface area contributed by atoms with Crippen molar-refractivity contribution in [3.05, 3.63) is 29.7 Å². The van der Waals surface area contributed by atoms with Crippen LogP contribution in [0.1, 0.15) is 24.7 Å². The molecule has 0 fully saturated rings. The van der Waals surface area contributed by atoms with Crippen molar-refractivity contribution in [2.24, 2.45) is 0 Å². The lowest BCUT2D eigenvalue weighted by molar-refractivity contribution is 0.544. The quantitative estimate of drug-likeness (QED) is 0.793. The molecule has 2 aromatic rings. The van der Waals surface area contributed by atoms with Gasteiger partial charge in [-0.05, 0) is 25.5 Å². The number of furan rings is 1. The molecule has 0 amide bonds. The van der Waals surface area contributed by atoms with Crippen molar-refractivity contribution in [2.45, 2.75) is 32.9 Å². The Kier molecular flexibility index (Phi) is 3.85. The Balaban J connectivity index is 2.11. The fraction of sp³-hybridized carbons (Fsp3) is 0.357. The molecule has 1 unspecified atom stereocenters. The van der Waals surface area contributed by atoms with E-state index in [1.165, 1.54) is 0 Å². The van der Waals surface area contributed by atoms with Crippen LogP contribution in [-0.4, -0.2) is 16.2 Å². The van der Waals surface area contributed by atoms with E-state index in [4.69, 9.17) is 10.8 Å². The van der Waals surface area contributed by atoms with E-state index in [1.54, 1.807) is 6.20 Å². The largest absolute Gasteiger partial charge is 0.460 e. The van der Waals surface area contributed by atoms with Gasteiger partial charge in [0.2, 0.25) is 0 Å². The molecular formula is C14H17N3O. The van der Waals surface area contributed by atoms with Crippen LogP contribution in [-0.2, 0) is 6.54 Å². The fourth-order valence-electron chi connectivity index (χ4n) is 1.78. The van der Waals surface area contributed by atoms with Gasteiger partial charge >= 0.3 is 0 Å². The Morgan fingerprint density at radius 2 is 2.39 bits per heavy atom. The molecule has 0 saturated carbocycles. The smallest absolute Gasteiger partial charge is 0.152 e. The molecule has 4 heteroatoms. The third-order valence-corrected chi connectivity index (χ3v) is 2.85. The minimum atomic E-state index is 0.0890. The Bertz CT molecular complexity index is 547. The van der Waals surface area contributed by atoms with E-state index in [0.717, 1.165) is 29.2 Å². The molecule has 2 aromatic heterocycles. The van der Waals surface area contributed by atoms with Gasteiger partial charge in [-0.15, -0.1) is 6.42 Å². The molecule has 0 spiro atoms. The molecule has 0 aliphatic carbocycles. The number of H-pyrrole nitrogens is 1. The van der Waals surface area contributed by atoms with Crippen LogP contribution in [0.5, 0.6) is 0 Å². The molecule has 0 saturated heterocycles. The summed E-state index contributed by atoms with van der Waals surface area (Å²) in [7, 11) is 0. The summed E-state index contributed by atoms with van der Waals surface area (Å²) < 4.78 is 5.59. The molecule has 2 N–H and O–H groups in total. The number of aryl methyl sites for hydroxylation is 1. The molecule has 0 aliphatic rings. The van der Waals surface area contributed by atoms with Crippen LogP contribution in [0.2, 0.25) is 0 Å². The predicted molar refractivity (Wildman–Crippen MR) is 70.8 cm³/mol. The number of terminal acetylenes is 1. The number of rotatable bonds is 5. The summed E-state index contributed by atoms with van der Waals surface area (Å²) in [4.78, 5) is 0. The number of aromatic nitrogens is 2. The minimum absolute atomic E-state index is 0.0890. The van der Waals surface area contributed by atoms with Crippen molar-refractivity contribution in [3.63, 3.8) is 0 Å². The molecule has 0 aliphatic heterocycles. The van der Waals surface area contributed by atoms with E-state index >= 15 is 0 Å². The van der Waals surface area contributed by atoms with Gasteiger partial charge in [-0.1, -0.05) is 12.8 Å². The zero-order valence-electron chi connectivity index (χ0n) is 10.7. The fourth-order valence-corrected chi connectivity index (χ4v) is 1.78. The third kappa shape index (κ3) is 2.63. The van der Waals surface area contributed by atoms with Crippen LogP contribution >= 0.6 is 0 Å². The third-order valence-electron chi connectivity index (χ3n) is 2.85. The number of nitrogens with zero attached hydrogens (tertiary/aromatic N) is 1. The monoisotopic (exact) mass is 243 g/mol. The highest BCUT2D eigenvalue weighted by atomic mass is 16.3. The molecule has 18 heavy (non-hydrogen) atoms. The van der Waals surface area contributed by atoms with Gasteiger partial charge in [-0.25, -0.2) is 0 Å². The number of aromatic amines is 1. The second kappa shape index (κ2) is 5.56. The number of hydrogen-bond acceptors (Lipinski definition) is 3. The lowest BCUT2D eigenvalue weighted by Gasteiger charge is -2.09. The molecule has 0 aromatic carbocycles. The second-order valence-electron chi connectivity index (χ2n) is 4.19. The SMILES string of the molecule is C#CC(CC)NCc1cn[nH]c1-c1ccc(C)o1. The first-order valence-electron chi connectivity index (χ1n) is 6.03. The molecule has 0 radical (unpaired) electrons. The summed E-state index contributed by atoms with van der Waals surface area (Å²) in [5.74, 6) is 4.40. The minimum Gasteiger partial charge on any atom is -0.460 e. The Morgan fingerprint density at radius 3 is 3.00 bits per heavy atom. The highest BCUT2D eigenvalue weighted by molar-refractivity contribution is 5.56. The van der Waals surface area contributed by atoms with E-state index in [-0.39, 0.29) is 6.04 Å².